The Kier molecular flexibility index (Phi) is 5.88. The molecular formula is C20H21Cl2NO3. The second-order valence-corrected chi connectivity index (χ2v) is 7.53. The van der Waals surface area contributed by atoms with Gasteiger partial charge in [-0.3, -0.25) is 9.69 Å². The third-order valence-corrected chi connectivity index (χ3v) is 5.25. The Balaban J connectivity index is 1.88. The van der Waals surface area contributed by atoms with Crippen molar-refractivity contribution in [2.24, 2.45) is 0 Å². The van der Waals surface area contributed by atoms with Gasteiger partial charge < -0.3 is 9.84 Å². The second kappa shape index (κ2) is 7.97. The molecule has 1 atom stereocenters. The van der Waals surface area contributed by atoms with Gasteiger partial charge in [-0.05, 0) is 67.4 Å². The molecule has 2 aromatic rings. The molecule has 6 heteroatoms. The number of likely N-dealkylation sites (N-methyl/N-ethyl adjacent to an activating group) is 1. The van der Waals surface area contributed by atoms with Crippen LogP contribution < -0.4 is 0 Å². The number of aliphatic carboxylic acids is 1. The summed E-state index contributed by atoms with van der Waals surface area (Å²) in [6.45, 7) is 1.22. The van der Waals surface area contributed by atoms with E-state index in [-0.39, 0.29) is 6.54 Å². The number of hydrogen-bond donors (Lipinski definition) is 1. The summed E-state index contributed by atoms with van der Waals surface area (Å²) < 4.78 is 6.32. The Hall–Kier alpha value is -1.59. The van der Waals surface area contributed by atoms with Gasteiger partial charge in [0, 0.05) is 10.0 Å². The van der Waals surface area contributed by atoms with Crippen LogP contribution in [0.15, 0.2) is 42.5 Å². The Morgan fingerprint density at radius 3 is 2.58 bits per heavy atom. The molecule has 1 aliphatic heterocycles. The van der Waals surface area contributed by atoms with Crippen molar-refractivity contribution in [2.75, 3.05) is 20.1 Å². The first-order valence-electron chi connectivity index (χ1n) is 8.50. The zero-order chi connectivity index (χ0) is 18.7. The Bertz CT molecular complexity index is 794. The van der Waals surface area contributed by atoms with E-state index in [2.05, 4.69) is 0 Å². The first-order valence-corrected chi connectivity index (χ1v) is 9.25. The third kappa shape index (κ3) is 4.04. The van der Waals surface area contributed by atoms with Gasteiger partial charge in [-0.1, -0.05) is 41.4 Å². The molecule has 0 saturated carbocycles. The molecule has 0 amide bonds. The highest BCUT2D eigenvalue weighted by Gasteiger charge is 2.41. The maximum absolute atomic E-state index is 10.9. The lowest BCUT2D eigenvalue weighted by molar-refractivity contribution is -0.138. The first kappa shape index (κ1) is 19.2. The molecule has 0 spiro atoms. The highest BCUT2D eigenvalue weighted by molar-refractivity contribution is 6.31. The van der Waals surface area contributed by atoms with Crippen molar-refractivity contribution in [3.63, 3.8) is 0 Å². The molecule has 0 fully saturated rings. The molecule has 1 N–H and O–H groups in total. The molecule has 4 nitrogen and oxygen atoms in total. The van der Waals surface area contributed by atoms with Crippen molar-refractivity contribution in [3.8, 4) is 0 Å². The van der Waals surface area contributed by atoms with Gasteiger partial charge in [-0.15, -0.1) is 0 Å². The molecule has 1 heterocycles. The molecule has 0 radical (unpaired) electrons. The fraction of sp³-hybridized carbons (Fsp3) is 0.350. The zero-order valence-corrected chi connectivity index (χ0v) is 16.1. The maximum Gasteiger partial charge on any atom is 0.317 e. The molecule has 0 aromatic heterocycles. The summed E-state index contributed by atoms with van der Waals surface area (Å²) in [4.78, 5) is 12.7. The Morgan fingerprint density at radius 1 is 1.19 bits per heavy atom. The summed E-state index contributed by atoms with van der Waals surface area (Å²) in [6.07, 6.45) is 1.52. The third-order valence-electron chi connectivity index (χ3n) is 4.77. The fourth-order valence-corrected chi connectivity index (χ4v) is 3.84. The van der Waals surface area contributed by atoms with Crippen molar-refractivity contribution in [1.82, 2.24) is 4.90 Å². The van der Waals surface area contributed by atoms with E-state index in [9.17, 15) is 4.79 Å². The number of carbonyl (C=O) groups is 1. The second-order valence-electron chi connectivity index (χ2n) is 6.66. The number of rotatable bonds is 7. The van der Waals surface area contributed by atoms with Crippen LogP contribution in [0, 0.1) is 0 Å². The van der Waals surface area contributed by atoms with Crippen LogP contribution in [0.3, 0.4) is 0 Å². The predicted octanol–water partition coefficient (Wildman–Crippen LogP) is 4.56. The topological polar surface area (TPSA) is 49.8 Å². The van der Waals surface area contributed by atoms with Crippen molar-refractivity contribution >= 4 is 29.2 Å². The number of nitrogens with zero attached hydrogens (tertiary/aromatic N) is 1. The average molecular weight is 394 g/mol. The number of benzene rings is 2. The molecule has 138 valence electrons. The SMILES string of the molecule is CN(CCCC1(c2ccc(Cl)cc2)OCc2ccc(Cl)cc21)CC(=O)O. The van der Waals surface area contributed by atoms with Gasteiger partial charge in [0.25, 0.3) is 0 Å². The van der Waals surface area contributed by atoms with E-state index in [1.807, 2.05) is 49.5 Å². The maximum atomic E-state index is 10.9. The summed E-state index contributed by atoms with van der Waals surface area (Å²) in [7, 11) is 1.81. The van der Waals surface area contributed by atoms with Crippen molar-refractivity contribution in [3.05, 3.63) is 69.2 Å². The minimum Gasteiger partial charge on any atom is -0.480 e. The monoisotopic (exact) mass is 393 g/mol. The van der Waals surface area contributed by atoms with Crippen LogP contribution in [-0.4, -0.2) is 36.1 Å². The predicted molar refractivity (Wildman–Crippen MR) is 103 cm³/mol. The van der Waals surface area contributed by atoms with Crippen LogP contribution in [0.2, 0.25) is 10.0 Å². The number of hydrogen-bond acceptors (Lipinski definition) is 3. The molecule has 0 aliphatic carbocycles. The Morgan fingerprint density at radius 2 is 1.88 bits per heavy atom. The molecule has 0 saturated heterocycles. The lowest BCUT2D eigenvalue weighted by Crippen LogP contribution is -2.31. The number of carboxylic acid groups (broad SMARTS) is 1. The summed E-state index contributed by atoms with van der Waals surface area (Å²) in [5.74, 6) is -0.825. The van der Waals surface area contributed by atoms with Gasteiger partial charge in [-0.25, -0.2) is 0 Å². The van der Waals surface area contributed by atoms with Crippen LogP contribution in [-0.2, 0) is 21.7 Å². The number of carboxylic acids is 1. The minimum atomic E-state index is -0.825. The molecule has 1 unspecified atom stereocenters. The molecule has 0 bridgehead atoms. The van der Waals surface area contributed by atoms with Gasteiger partial charge in [0.2, 0.25) is 0 Å². The zero-order valence-electron chi connectivity index (χ0n) is 14.5. The van der Waals surface area contributed by atoms with Crippen LogP contribution in [0.1, 0.15) is 29.5 Å². The lowest BCUT2D eigenvalue weighted by Gasteiger charge is -2.31. The van der Waals surface area contributed by atoms with E-state index in [1.165, 1.54) is 0 Å². The Labute approximate surface area is 163 Å². The highest BCUT2D eigenvalue weighted by Crippen LogP contribution is 2.46. The van der Waals surface area contributed by atoms with Gasteiger partial charge in [0.05, 0.1) is 13.2 Å². The molecule has 2 aromatic carbocycles. The van der Waals surface area contributed by atoms with Gasteiger partial charge in [-0.2, -0.15) is 0 Å². The lowest BCUT2D eigenvalue weighted by atomic mass is 9.82. The van der Waals surface area contributed by atoms with Gasteiger partial charge >= 0.3 is 5.97 Å². The van der Waals surface area contributed by atoms with Crippen LogP contribution in [0.4, 0.5) is 0 Å². The van der Waals surface area contributed by atoms with E-state index >= 15 is 0 Å². The van der Waals surface area contributed by atoms with E-state index in [1.54, 1.807) is 4.90 Å². The van der Waals surface area contributed by atoms with Crippen LogP contribution in [0.5, 0.6) is 0 Å². The van der Waals surface area contributed by atoms with E-state index in [4.69, 9.17) is 33.0 Å². The normalized spacial score (nSPS) is 18.9. The molecular weight excluding hydrogens is 373 g/mol. The van der Waals surface area contributed by atoms with E-state index < -0.39 is 11.6 Å². The summed E-state index contributed by atoms with van der Waals surface area (Å²) in [5, 5.41) is 10.3. The smallest absolute Gasteiger partial charge is 0.317 e. The number of fused-ring (bicyclic) bond motifs is 1. The van der Waals surface area contributed by atoms with Crippen molar-refractivity contribution in [2.45, 2.75) is 25.0 Å². The molecule has 1 aliphatic rings. The van der Waals surface area contributed by atoms with Crippen LogP contribution in [0.25, 0.3) is 0 Å². The fourth-order valence-electron chi connectivity index (χ4n) is 3.55. The average Bonchev–Trinajstić information content (AvgIpc) is 2.94. The largest absolute Gasteiger partial charge is 0.480 e. The first-order chi connectivity index (χ1) is 12.4. The highest BCUT2D eigenvalue weighted by atomic mass is 35.5. The number of halogens is 2. The van der Waals surface area contributed by atoms with Crippen LogP contribution >= 0.6 is 23.2 Å². The van der Waals surface area contributed by atoms with Gasteiger partial charge in [0.1, 0.15) is 5.60 Å². The quantitative estimate of drug-likeness (QED) is 0.748. The molecule has 26 heavy (non-hydrogen) atoms. The summed E-state index contributed by atoms with van der Waals surface area (Å²) >= 11 is 12.3. The van der Waals surface area contributed by atoms with Crippen molar-refractivity contribution in [1.29, 1.82) is 0 Å². The summed E-state index contributed by atoms with van der Waals surface area (Å²) in [6, 6.07) is 13.6. The standard InChI is InChI=1S/C20H21Cl2NO3/c1-23(12-19(24)25)10-2-9-20(15-4-7-16(21)8-5-15)18-11-17(22)6-3-14(18)13-26-20/h3-8,11H,2,9-10,12-13H2,1H3,(H,24,25). The minimum absolute atomic E-state index is 0.0250. The van der Waals surface area contributed by atoms with E-state index in [0.717, 1.165) is 29.5 Å². The van der Waals surface area contributed by atoms with E-state index in [0.29, 0.717) is 23.2 Å². The van der Waals surface area contributed by atoms with Gasteiger partial charge in [0.15, 0.2) is 0 Å². The summed E-state index contributed by atoms with van der Waals surface area (Å²) in [5.41, 5.74) is 2.65. The van der Waals surface area contributed by atoms with Crippen molar-refractivity contribution < 1.29 is 14.6 Å². The number of ether oxygens (including phenoxy) is 1. The molecule has 3 rings (SSSR count).